The van der Waals surface area contributed by atoms with Crippen molar-refractivity contribution in [2.45, 2.75) is 25.7 Å². The Bertz CT molecular complexity index is 162. The third-order valence-corrected chi connectivity index (χ3v) is 3.19. The number of fused-ring (bicyclic) bond motifs is 2. The molecule has 1 aliphatic carbocycles. The van der Waals surface area contributed by atoms with E-state index >= 15 is 0 Å². The van der Waals surface area contributed by atoms with Gasteiger partial charge in [0.25, 0.3) is 5.92 Å². The van der Waals surface area contributed by atoms with Crippen molar-refractivity contribution in [3.63, 3.8) is 0 Å². The lowest BCUT2D eigenvalue weighted by Crippen LogP contribution is -2.61. The van der Waals surface area contributed by atoms with Crippen molar-refractivity contribution >= 4 is 0 Å². The first-order chi connectivity index (χ1) is 5.04. The predicted molar refractivity (Wildman–Crippen MR) is 38.6 cm³/mol. The van der Waals surface area contributed by atoms with Crippen LogP contribution in [0.15, 0.2) is 0 Å². The normalized spacial score (nSPS) is 43.4. The van der Waals surface area contributed by atoms with Crippen LogP contribution >= 0.6 is 0 Å². The maximum absolute atomic E-state index is 13.0. The molecule has 0 atom stereocenters. The van der Waals surface area contributed by atoms with E-state index in [4.69, 9.17) is 0 Å². The Hall–Kier alpha value is -0.180. The van der Waals surface area contributed by atoms with Gasteiger partial charge in [0, 0.05) is 12.0 Å². The Kier molecular flexibility index (Phi) is 1.32. The monoisotopic (exact) mass is 161 g/mol. The quantitative estimate of drug-likeness (QED) is 0.616. The van der Waals surface area contributed by atoms with Gasteiger partial charge < -0.3 is 5.32 Å². The van der Waals surface area contributed by atoms with Crippen molar-refractivity contribution in [2.75, 3.05) is 13.1 Å². The first-order valence-corrected chi connectivity index (χ1v) is 4.12. The standard InChI is InChI=1S/C8H13F2N/c1-7(9,10)8-2-6(3-8)4-11-5-8/h6,11H,2-5H2,1H3. The molecule has 0 aromatic carbocycles. The van der Waals surface area contributed by atoms with Crippen LogP contribution in [0.1, 0.15) is 19.8 Å². The van der Waals surface area contributed by atoms with Crippen LogP contribution in [0.3, 0.4) is 0 Å². The molecule has 2 saturated heterocycles. The highest BCUT2D eigenvalue weighted by molar-refractivity contribution is 5.05. The Balaban J connectivity index is 2.13. The molecule has 1 saturated carbocycles. The molecule has 0 unspecified atom stereocenters. The van der Waals surface area contributed by atoms with Crippen LogP contribution in [0.5, 0.6) is 0 Å². The maximum Gasteiger partial charge on any atom is 0.252 e. The van der Waals surface area contributed by atoms with Gasteiger partial charge >= 0.3 is 0 Å². The summed E-state index contributed by atoms with van der Waals surface area (Å²) in [5, 5.41) is 3.05. The summed E-state index contributed by atoms with van der Waals surface area (Å²) in [6.45, 7) is 2.50. The molecule has 0 amide bonds. The van der Waals surface area contributed by atoms with Gasteiger partial charge in [-0.3, -0.25) is 0 Å². The molecule has 3 fully saturated rings. The van der Waals surface area contributed by atoms with Crippen molar-refractivity contribution in [3.8, 4) is 0 Å². The molecule has 2 bridgehead atoms. The molecule has 1 nitrogen and oxygen atoms in total. The van der Waals surface area contributed by atoms with Crippen molar-refractivity contribution in [3.05, 3.63) is 0 Å². The molecule has 2 aliphatic heterocycles. The third-order valence-electron chi connectivity index (χ3n) is 3.19. The zero-order chi connectivity index (χ0) is 8.11. The van der Waals surface area contributed by atoms with Crippen molar-refractivity contribution in [1.29, 1.82) is 0 Å². The summed E-state index contributed by atoms with van der Waals surface area (Å²) in [5.74, 6) is -1.97. The molecule has 0 aromatic rings. The minimum Gasteiger partial charge on any atom is -0.316 e. The summed E-state index contributed by atoms with van der Waals surface area (Å²) in [6.07, 6.45) is 1.45. The third kappa shape index (κ3) is 0.901. The maximum atomic E-state index is 13.0. The van der Waals surface area contributed by atoms with Gasteiger partial charge in [-0.25, -0.2) is 8.78 Å². The number of hydrogen-bond donors (Lipinski definition) is 1. The molecule has 3 rings (SSSR count). The van der Waals surface area contributed by atoms with Gasteiger partial charge in [0.2, 0.25) is 0 Å². The largest absolute Gasteiger partial charge is 0.316 e. The zero-order valence-corrected chi connectivity index (χ0v) is 6.66. The first kappa shape index (κ1) is 7.47. The lowest BCUT2D eigenvalue weighted by molar-refractivity contribution is -0.181. The number of hydrogen-bond acceptors (Lipinski definition) is 1. The van der Waals surface area contributed by atoms with Crippen LogP contribution in [0.4, 0.5) is 8.78 Å². The van der Waals surface area contributed by atoms with Gasteiger partial charge in [0.15, 0.2) is 0 Å². The van der Waals surface area contributed by atoms with E-state index in [2.05, 4.69) is 5.32 Å². The summed E-state index contributed by atoms with van der Waals surface area (Å²) in [7, 11) is 0. The van der Waals surface area contributed by atoms with Crippen LogP contribution in [0.25, 0.3) is 0 Å². The molecule has 1 N–H and O–H groups in total. The van der Waals surface area contributed by atoms with Gasteiger partial charge in [-0.15, -0.1) is 0 Å². The second kappa shape index (κ2) is 1.94. The fourth-order valence-electron chi connectivity index (χ4n) is 2.36. The molecule has 2 heterocycles. The van der Waals surface area contributed by atoms with E-state index in [0.717, 1.165) is 26.3 Å². The van der Waals surface area contributed by atoms with E-state index in [1.54, 1.807) is 0 Å². The average molecular weight is 161 g/mol. The average Bonchev–Trinajstić information content (AvgIpc) is 1.85. The molecule has 3 heteroatoms. The Morgan fingerprint density at radius 3 is 2.36 bits per heavy atom. The molecule has 64 valence electrons. The van der Waals surface area contributed by atoms with E-state index in [0.29, 0.717) is 12.5 Å². The molecule has 3 aliphatic rings. The highest BCUT2D eigenvalue weighted by Gasteiger charge is 2.59. The second-order valence-electron chi connectivity index (χ2n) is 4.07. The lowest BCUT2D eigenvalue weighted by Gasteiger charge is -2.55. The van der Waals surface area contributed by atoms with Gasteiger partial charge in [0.1, 0.15) is 0 Å². The molecule has 0 spiro atoms. The Morgan fingerprint density at radius 1 is 1.45 bits per heavy atom. The minimum atomic E-state index is -2.49. The summed E-state index contributed by atoms with van der Waals surface area (Å²) in [4.78, 5) is 0. The zero-order valence-electron chi connectivity index (χ0n) is 6.66. The highest BCUT2D eigenvalue weighted by Crippen LogP contribution is 2.56. The molecule has 0 radical (unpaired) electrons. The van der Waals surface area contributed by atoms with E-state index in [9.17, 15) is 8.78 Å². The lowest BCUT2D eigenvalue weighted by atomic mass is 9.56. The van der Waals surface area contributed by atoms with E-state index in [-0.39, 0.29) is 0 Å². The van der Waals surface area contributed by atoms with Crippen LogP contribution in [0.2, 0.25) is 0 Å². The van der Waals surface area contributed by atoms with Crippen LogP contribution < -0.4 is 5.32 Å². The predicted octanol–water partition coefficient (Wildman–Crippen LogP) is 1.64. The van der Waals surface area contributed by atoms with Gasteiger partial charge in [-0.1, -0.05) is 0 Å². The van der Waals surface area contributed by atoms with Crippen LogP contribution in [-0.4, -0.2) is 19.0 Å². The summed E-state index contributed by atoms with van der Waals surface area (Å²) in [5.41, 5.74) is -0.685. The van der Waals surface area contributed by atoms with Gasteiger partial charge in [-0.2, -0.15) is 0 Å². The fourth-order valence-corrected chi connectivity index (χ4v) is 2.36. The van der Waals surface area contributed by atoms with Crippen LogP contribution in [-0.2, 0) is 0 Å². The van der Waals surface area contributed by atoms with E-state index in [1.807, 2.05) is 0 Å². The smallest absolute Gasteiger partial charge is 0.252 e. The van der Waals surface area contributed by atoms with Crippen molar-refractivity contribution < 1.29 is 8.78 Å². The second-order valence-corrected chi connectivity index (χ2v) is 4.07. The minimum absolute atomic E-state index is 0.507. The first-order valence-electron chi connectivity index (χ1n) is 4.12. The number of nitrogens with one attached hydrogen (secondary N) is 1. The Labute approximate surface area is 65.2 Å². The van der Waals surface area contributed by atoms with Crippen LogP contribution in [0, 0.1) is 11.3 Å². The number of rotatable bonds is 1. The molecular formula is C8H13F2N. The summed E-state index contributed by atoms with van der Waals surface area (Å²) in [6, 6.07) is 0. The summed E-state index contributed by atoms with van der Waals surface area (Å²) < 4.78 is 26.0. The molecule has 11 heavy (non-hydrogen) atoms. The topological polar surface area (TPSA) is 12.0 Å². The van der Waals surface area contributed by atoms with Gasteiger partial charge in [-0.05, 0) is 32.2 Å². The summed E-state index contributed by atoms with van der Waals surface area (Å²) >= 11 is 0. The number of halogens is 2. The van der Waals surface area contributed by atoms with Gasteiger partial charge in [0.05, 0.1) is 0 Å². The SMILES string of the molecule is CC(F)(F)C12CNCC(C1)C2. The molecular weight excluding hydrogens is 148 g/mol. The van der Waals surface area contributed by atoms with E-state index in [1.165, 1.54) is 0 Å². The number of alkyl halides is 2. The van der Waals surface area contributed by atoms with Crippen molar-refractivity contribution in [1.82, 2.24) is 5.32 Å². The fraction of sp³-hybridized carbons (Fsp3) is 1.00. The number of piperidine rings is 2. The highest BCUT2D eigenvalue weighted by atomic mass is 19.3. The Morgan fingerprint density at radius 2 is 2.09 bits per heavy atom. The van der Waals surface area contributed by atoms with Crippen molar-refractivity contribution in [2.24, 2.45) is 11.3 Å². The van der Waals surface area contributed by atoms with E-state index < -0.39 is 11.3 Å². The molecule has 0 aromatic heterocycles.